The molecule has 22 heavy (non-hydrogen) atoms. The Morgan fingerprint density at radius 2 is 2.27 bits per heavy atom. The molecule has 1 aliphatic heterocycles. The third kappa shape index (κ3) is 2.81. The van der Waals surface area contributed by atoms with Gasteiger partial charge >= 0.3 is 12.0 Å². The Morgan fingerprint density at radius 3 is 2.91 bits per heavy atom. The molecule has 6 nitrogen and oxygen atoms in total. The van der Waals surface area contributed by atoms with E-state index >= 15 is 0 Å². The second-order valence-electron chi connectivity index (χ2n) is 5.04. The molecule has 0 atom stereocenters. The topological polar surface area (TPSA) is 71.8 Å². The lowest BCUT2D eigenvalue weighted by Gasteiger charge is -2.17. The van der Waals surface area contributed by atoms with Crippen molar-refractivity contribution >= 4 is 17.7 Å². The summed E-state index contributed by atoms with van der Waals surface area (Å²) < 4.78 is 10.3. The molecule has 2 heterocycles. The quantitative estimate of drug-likeness (QED) is 0.880. The van der Waals surface area contributed by atoms with Gasteiger partial charge in [-0.2, -0.15) is 0 Å². The second kappa shape index (κ2) is 5.93. The van der Waals surface area contributed by atoms with Crippen LogP contribution in [-0.2, 0) is 11.3 Å². The number of ether oxygens (including phenoxy) is 1. The lowest BCUT2D eigenvalue weighted by Crippen LogP contribution is -2.28. The van der Waals surface area contributed by atoms with E-state index in [-0.39, 0.29) is 12.6 Å². The first-order valence-corrected chi connectivity index (χ1v) is 7.00. The molecule has 0 saturated carbocycles. The van der Waals surface area contributed by atoms with Crippen LogP contribution in [0.25, 0.3) is 0 Å². The number of nitrogens with zero attached hydrogens (tertiary/aromatic N) is 1. The van der Waals surface area contributed by atoms with Crippen LogP contribution in [0.2, 0.25) is 0 Å². The molecule has 6 heteroatoms. The summed E-state index contributed by atoms with van der Waals surface area (Å²) in [4.78, 5) is 25.4. The molecule has 2 aromatic rings. The average Bonchev–Trinajstić information content (AvgIpc) is 3.16. The van der Waals surface area contributed by atoms with Gasteiger partial charge in [0.05, 0.1) is 11.8 Å². The van der Waals surface area contributed by atoms with Crippen LogP contribution in [0.5, 0.6) is 0 Å². The molecule has 0 spiro atoms. The van der Waals surface area contributed by atoms with Crippen molar-refractivity contribution in [1.82, 2.24) is 5.32 Å². The van der Waals surface area contributed by atoms with Gasteiger partial charge in [0, 0.05) is 18.8 Å². The molecule has 1 saturated heterocycles. The van der Waals surface area contributed by atoms with Gasteiger partial charge in [-0.15, -0.1) is 0 Å². The lowest BCUT2D eigenvalue weighted by atomic mass is 10.1. The monoisotopic (exact) mass is 300 g/mol. The smallest absolute Gasteiger partial charge is 0.338 e. The first-order chi connectivity index (χ1) is 10.6. The van der Waals surface area contributed by atoms with Gasteiger partial charge in [-0.25, -0.2) is 9.59 Å². The van der Waals surface area contributed by atoms with Gasteiger partial charge in [0.15, 0.2) is 0 Å². The third-order valence-corrected chi connectivity index (χ3v) is 3.51. The molecule has 1 aliphatic rings. The highest BCUT2D eigenvalue weighted by Gasteiger charge is 2.23. The van der Waals surface area contributed by atoms with E-state index in [2.05, 4.69) is 5.32 Å². The minimum Gasteiger partial charge on any atom is -0.466 e. The van der Waals surface area contributed by atoms with Crippen LogP contribution in [0.1, 0.15) is 21.7 Å². The number of benzene rings is 1. The fourth-order valence-electron chi connectivity index (χ4n) is 2.40. The molecule has 1 aromatic carbocycles. The number of hydrogen-bond donors (Lipinski definition) is 1. The summed E-state index contributed by atoms with van der Waals surface area (Å²) in [6, 6.07) is 8.53. The Kier molecular flexibility index (Phi) is 3.82. The normalized spacial score (nSPS) is 14.0. The van der Waals surface area contributed by atoms with Crippen LogP contribution in [-0.4, -0.2) is 25.1 Å². The molecule has 1 fully saturated rings. The zero-order valence-corrected chi connectivity index (χ0v) is 12.2. The van der Waals surface area contributed by atoms with Crippen LogP contribution < -0.4 is 10.2 Å². The second-order valence-corrected chi connectivity index (χ2v) is 5.04. The molecular formula is C16H16N2O4. The fraction of sp³-hybridized carbons (Fsp3) is 0.250. The van der Waals surface area contributed by atoms with E-state index in [1.807, 2.05) is 6.92 Å². The molecule has 1 N–H and O–H groups in total. The van der Waals surface area contributed by atoms with Crippen molar-refractivity contribution in [2.45, 2.75) is 13.5 Å². The van der Waals surface area contributed by atoms with Crippen LogP contribution in [0.3, 0.4) is 0 Å². The van der Waals surface area contributed by atoms with Gasteiger partial charge in [-0.3, -0.25) is 4.90 Å². The fourth-order valence-corrected chi connectivity index (χ4v) is 2.40. The van der Waals surface area contributed by atoms with E-state index in [1.165, 1.54) is 6.26 Å². The molecule has 1 aromatic heterocycles. The number of amides is 2. The van der Waals surface area contributed by atoms with Gasteiger partial charge in [0.25, 0.3) is 0 Å². The van der Waals surface area contributed by atoms with Crippen LogP contribution >= 0.6 is 0 Å². The summed E-state index contributed by atoms with van der Waals surface area (Å²) >= 11 is 0. The predicted molar refractivity (Wildman–Crippen MR) is 79.8 cm³/mol. The Morgan fingerprint density at radius 1 is 1.41 bits per heavy atom. The van der Waals surface area contributed by atoms with Crippen molar-refractivity contribution < 1.29 is 18.7 Å². The maximum Gasteiger partial charge on any atom is 0.338 e. The third-order valence-electron chi connectivity index (χ3n) is 3.51. The predicted octanol–water partition coefficient (Wildman–Crippen LogP) is 2.47. The number of rotatable bonds is 4. The van der Waals surface area contributed by atoms with Crippen molar-refractivity contribution in [3.63, 3.8) is 0 Å². The van der Waals surface area contributed by atoms with Crippen molar-refractivity contribution in [1.29, 1.82) is 0 Å². The summed E-state index contributed by atoms with van der Waals surface area (Å²) in [5.74, 6) is 0.173. The van der Waals surface area contributed by atoms with Crippen molar-refractivity contribution in [3.05, 3.63) is 53.5 Å². The largest absolute Gasteiger partial charge is 0.466 e. The van der Waals surface area contributed by atoms with Crippen LogP contribution in [0.4, 0.5) is 10.5 Å². The standard InChI is InChI=1S/C16H16N2O4/c1-11-9-12(15(19)22-10-13-3-2-8-21-13)4-5-14(11)18-7-6-17-16(18)20/h2-5,8-9H,6-7,10H2,1H3,(H,17,20). The van der Waals surface area contributed by atoms with Crippen molar-refractivity contribution in [3.8, 4) is 0 Å². The number of esters is 1. The number of hydrogen-bond acceptors (Lipinski definition) is 4. The SMILES string of the molecule is Cc1cc(C(=O)OCc2ccco2)ccc1N1CCNC1=O. The molecule has 114 valence electrons. The van der Waals surface area contributed by atoms with Gasteiger partial charge in [0.1, 0.15) is 12.4 Å². The number of nitrogens with one attached hydrogen (secondary N) is 1. The highest BCUT2D eigenvalue weighted by atomic mass is 16.5. The zero-order chi connectivity index (χ0) is 15.5. The number of urea groups is 1. The minimum atomic E-state index is -0.420. The number of carbonyl (C=O) groups is 2. The maximum atomic E-state index is 12.0. The number of carbonyl (C=O) groups excluding carboxylic acids is 2. The lowest BCUT2D eigenvalue weighted by molar-refractivity contribution is 0.0445. The highest BCUT2D eigenvalue weighted by molar-refractivity contribution is 5.96. The number of furan rings is 1. The van der Waals surface area contributed by atoms with Crippen molar-refractivity contribution in [2.75, 3.05) is 18.0 Å². The Balaban J connectivity index is 1.71. The van der Waals surface area contributed by atoms with E-state index in [0.717, 1.165) is 11.3 Å². The number of anilines is 1. The first-order valence-electron chi connectivity index (χ1n) is 7.00. The molecule has 0 bridgehead atoms. The average molecular weight is 300 g/mol. The van der Waals surface area contributed by atoms with Gasteiger partial charge in [0.2, 0.25) is 0 Å². The highest BCUT2D eigenvalue weighted by Crippen LogP contribution is 2.23. The van der Waals surface area contributed by atoms with E-state index in [4.69, 9.17) is 9.15 Å². The molecular weight excluding hydrogens is 284 g/mol. The van der Waals surface area contributed by atoms with Crippen molar-refractivity contribution in [2.24, 2.45) is 0 Å². The molecule has 0 aliphatic carbocycles. The van der Waals surface area contributed by atoms with E-state index in [0.29, 0.717) is 24.4 Å². The van der Waals surface area contributed by atoms with E-state index < -0.39 is 5.97 Å². The van der Waals surface area contributed by atoms with Gasteiger partial charge in [-0.05, 0) is 42.8 Å². The van der Waals surface area contributed by atoms with Gasteiger partial charge < -0.3 is 14.5 Å². The summed E-state index contributed by atoms with van der Waals surface area (Å²) in [5.41, 5.74) is 2.11. The minimum absolute atomic E-state index is 0.0984. The summed E-state index contributed by atoms with van der Waals surface area (Å²) in [6.45, 7) is 3.22. The Bertz CT molecular complexity index is 694. The van der Waals surface area contributed by atoms with Gasteiger partial charge in [-0.1, -0.05) is 0 Å². The van der Waals surface area contributed by atoms with Crippen LogP contribution in [0.15, 0.2) is 41.0 Å². The Labute approximate surface area is 127 Å². The summed E-state index contributed by atoms with van der Waals surface area (Å²) in [6.07, 6.45) is 1.53. The first kappa shape index (κ1) is 14.2. The number of aryl methyl sites for hydroxylation is 1. The zero-order valence-electron chi connectivity index (χ0n) is 12.2. The molecule has 2 amide bonds. The summed E-state index contributed by atoms with van der Waals surface area (Å²) in [5, 5.41) is 2.75. The maximum absolute atomic E-state index is 12.0. The Hall–Kier alpha value is -2.76. The molecule has 3 rings (SSSR count). The summed E-state index contributed by atoms with van der Waals surface area (Å²) in [7, 11) is 0. The van der Waals surface area contributed by atoms with E-state index in [1.54, 1.807) is 35.2 Å². The molecule has 0 unspecified atom stereocenters. The van der Waals surface area contributed by atoms with Crippen LogP contribution in [0, 0.1) is 6.92 Å². The molecule has 0 radical (unpaired) electrons. The van der Waals surface area contributed by atoms with E-state index in [9.17, 15) is 9.59 Å².